The van der Waals surface area contributed by atoms with E-state index < -0.39 is 29.0 Å². The second kappa shape index (κ2) is 4.66. The molecule has 0 amide bonds. The van der Waals surface area contributed by atoms with Crippen LogP contribution in [0.4, 0.5) is 17.6 Å². The molecule has 108 valence electrons. The number of aromatic nitrogens is 3. The van der Waals surface area contributed by atoms with E-state index in [9.17, 15) is 17.6 Å². The third kappa shape index (κ3) is 2.02. The molecule has 8 heteroatoms. The summed E-state index contributed by atoms with van der Waals surface area (Å²) in [7, 11) is 0. The van der Waals surface area contributed by atoms with Gasteiger partial charge < -0.3 is 4.98 Å². The summed E-state index contributed by atoms with van der Waals surface area (Å²) in [5.41, 5.74) is 0.113. The molecule has 3 nitrogen and oxygen atoms in total. The zero-order valence-electron chi connectivity index (χ0n) is 10.5. The van der Waals surface area contributed by atoms with Gasteiger partial charge in [-0.2, -0.15) is 0 Å². The number of fused-ring (bicyclic) bond motifs is 1. The van der Waals surface area contributed by atoms with Gasteiger partial charge in [-0.3, -0.25) is 4.57 Å². The predicted molar refractivity (Wildman–Crippen MR) is 70.8 cm³/mol. The molecular weight excluding hydrogens is 306 g/mol. The Morgan fingerprint density at radius 2 is 1.71 bits per heavy atom. The van der Waals surface area contributed by atoms with Crippen molar-refractivity contribution in [3.63, 3.8) is 0 Å². The summed E-state index contributed by atoms with van der Waals surface area (Å²) in [6, 6.07) is 3.41. The molecular formula is C13H7F4N3S. The standard InChI is InChI=1S/C13H7F4N3S/c1-5-2-3-8-12(18-5)20(13(21)19-8)11-9(16)6(14)4-7(15)10(11)17/h2-4H,1H3,(H,19,21). The van der Waals surface area contributed by atoms with Gasteiger partial charge in [-0.1, -0.05) is 0 Å². The number of rotatable bonds is 1. The van der Waals surface area contributed by atoms with Crippen LogP contribution in [0.2, 0.25) is 0 Å². The number of nitrogens with zero attached hydrogens (tertiary/aromatic N) is 2. The van der Waals surface area contributed by atoms with Gasteiger partial charge in [-0.15, -0.1) is 0 Å². The van der Waals surface area contributed by atoms with Crippen LogP contribution in [0, 0.1) is 35.0 Å². The van der Waals surface area contributed by atoms with Gasteiger partial charge in [0, 0.05) is 11.8 Å². The fourth-order valence-corrected chi connectivity index (χ4v) is 2.33. The maximum absolute atomic E-state index is 13.9. The van der Waals surface area contributed by atoms with Crippen LogP contribution in [-0.2, 0) is 0 Å². The van der Waals surface area contributed by atoms with Crippen LogP contribution in [-0.4, -0.2) is 14.5 Å². The Hall–Kier alpha value is -2.22. The van der Waals surface area contributed by atoms with Crippen LogP contribution < -0.4 is 0 Å². The quantitative estimate of drug-likeness (QED) is 0.419. The lowest BCUT2D eigenvalue weighted by Crippen LogP contribution is -2.07. The molecule has 2 aromatic heterocycles. The maximum Gasteiger partial charge on any atom is 0.186 e. The number of aromatic amines is 1. The SMILES string of the molecule is Cc1ccc2[nH]c(=S)n(-c3c(F)c(F)cc(F)c3F)c2n1. The van der Waals surface area contributed by atoms with Crippen LogP contribution >= 0.6 is 12.2 Å². The van der Waals surface area contributed by atoms with Crippen molar-refractivity contribution in [1.82, 2.24) is 14.5 Å². The third-order valence-corrected chi connectivity index (χ3v) is 3.27. The van der Waals surface area contributed by atoms with E-state index in [0.717, 1.165) is 4.57 Å². The molecule has 0 aliphatic heterocycles. The number of hydrogen-bond acceptors (Lipinski definition) is 2. The highest BCUT2D eigenvalue weighted by Crippen LogP contribution is 2.26. The average molecular weight is 313 g/mol. The molecule has 0 bridgehead atoms. The number of benzene rings is 1. The number of aryl methyl sites for hydroxylation is 1. The summed E-state index contributed by atoms with van der Waals surface area (Å²) in [5.74, 6) is -6.08. The molecule has 0 radical (unpaired) electrons. The number of halogens is 4. The summed E-state index contributed by atoms with van der Waals surface area (Å²) in [6.07, 6.45) is 0. The Bertz CT molecular complexity index is 903. The highest BCUT2D eigenvalue weighted by Gasteiger charge is 2.23. The highest BCUT2D eigenvalue weighted by atomic mass is 32.1. The molecule has 0 fully saturated rings. The smallest absolute Gasteiger partial charge is 0.186 e. The number of pyridine rings is 1. The van der Waals surface area contributed by atoms with E-state index in [1.165, 1.54) is 0 Å². The molecule has 0 atom stereocenters. The largest absolute Gasteiger partial charge is 0.329 e. The lowest BCUT2D eigenvalue weighted by Gasteiger charge is -2.08. The lowest BCUT2D eigenvalue weighted by atomic mass is 10.2. The van der Waals surface area contributed by atoms with E-state index >= 15 is 0 Å². The molecule has 3 rings (SSSR count). The Labute approximate surface area is 120 Å². The fourth-order valence-electron chi connectivity index (χ4n) is 2.04. The Balaban J connectivity index is 2.49. The van der Waals surface area contributed by atoms with E-state index in [1.54, 1.807) is 19.1 Å². The van der Waals surface area contributed by atoms with Gasteiger partial charge in [0.15, 0.2) is 33.7 Å². The molecule has 1 N–H and O–H groups in total. The zero-order chi connectivity index (χ0) is 15.3. The van der Waals surface area contributed by atoms with Gasteiger partial charge >= 0.3 is 0 Å². The molecule has 21 heavy (non-hydrogen) atoms. The van der Waals surface area contributed by atoms with Gasteiger partial charge in [0.2, 0.25) is 0 Å². The van der Waals surface area contributed by atoms with E-state index in [2.05, 4.69) is 9.97 Å². The number of nitrogens with one attached hydrogen (secondary N) is 1. The first kappa shape index (κ1) is 13.7. The Morgan fingerprint density at radius 3 is 2.33 bits per heavy atom. The summed E-state index contributed by atoms with van der Waals surface area (Å²) in [5, 5.41) is 0. The van der Waals surface area contributed by atoms with E-state index in [4.69, 9.17) is 12.2 Å². The van der Waals surface area contributed by atoms with Crippen molar-refractivity contribution in [2.75, 3.05) is 0 Å². The van der Waals surface area contributed by atoms with Crippen molar-refractivity contribution in [1.29, 1.82) is 0 Å². The topological polar surface area (TPSA) is 33.6 Å². The average Bonchev–Trinajstić information content (AvgIpc) is 2.73. The van der Waals surface area contributed by atoms with Crippen molar-refractivity contribution in [3.8, 4) is 5.69 Å². The van der Waals surface area contributed by atoms with E-state index in [1.807, 2.05) is 0 Å². The van der Waals surface area contributed by atoms with Crippen molar-refractivity contribution in [2.24, 2.45) is 0 Å². The molecule has 0 unspecified atom stereocenters. The summed E-state index contributed by atoms with van der Waals surface area (Å²) in [4.78, 5) is 6.78. The highest BCUT2D eigenvalue weighted by molar-refractivity contribution is 7.71. The first-order valence-corrected chi connectivity index (χ1v) is 6.22. The second-order valence-electron chi connectivity index (χ2n) is 4.41. The third-order valence-electron chi connectivity index (χ3n) is 2.98. The van der Waals surface area contributed by atoms with Crippen LogP contribution in [0.5, 0.6) is 0 Å². The van der Waals surface area contributed by atoms with Crippen molar-refractivity contribution < 1.29 is 17.6 Å². The van der Waals surface area contributed by atoms with Crippen LogP contribution in [0.25, 0.3) is 16.9 Å². The monoisotopic (exact) mass is 313 g/mol. The van der Waals surface area contributed by atoms with Crippen LogP contribution in [0.1, 0.15) is 5.69 Å². The minimum absolute atomic E-state index is 0.0859. The minimum Gasteiger partial charge on any atom is -0.329 e. The predicted octanol–water partition coefficient (Wildman–Crippen LogP) is 3.95. The van der Waals surface area contributed by atoms with Gasteiger partial charge in [0.1, 0.15) is 5.69 Å². The number of H-pyrrole nitrogens is 1. The van der Waals surface area contributed by atoms with Gasteiger partial charge in [0.05, 0.1) is 5.52 Å². The molecule has 2 heterocycles. The summed E-state index contributed by atoms with van der Waals surface area (Å²) >= 11 is 4.97. The minimum atomic E-state index is -1.53. The molecule has 0 aliphatic carbocycles. The summed E-state index contributed by atoms with van der Waals surface area (Å²) in [6.45, 7) is 1.67. The second-order valence-corrected chi connectivity index (χ2v) is 4.79. The summed E-state index contributed by atoms with van der Waals surface area (Å²) < 4.78 is 55.3. The fraction of sp³-hybridized carbons (Fsp3) is 0.0769. The molecule has 0 saturated heterocycles. The van der Waals surface area contributed by atoms with Crippen molar-refractivity contribution in [3.05, 3.63) is 51.9 Å². The van der Waals surface area contributed by atoms with Gasteiger partial charge in [0.25, 0.3) is 0 Å². The molecule has 3 aromatic rings. The molecule has 0 saturated carbocycles. The van der Waals surface area contributed by atoms with Crippen molar-refractivity contribution in [2.45, 2.75) is 6.92 Å². The first-order valence-electron chi connectivity index (χ1n) is 5.82. The van der Waals surface area contributed by atoms with Crippen LogP contribution in [0.3, 0.4) is 0 Å². The lowest BCUT2D eigenvalue weighted by molar-refractivity contribution is 0.448. The van der Waals surface area contributed by atoms with Crippen molar-refractivity contribution >= 4 is 23.4 Å². The number of imidazole rings is 1. The Morgan fingerprint density at radius 1 is 1.10 bits per heavy atom. The van der Waals surface area contributed by atoms with E-state index in [-0.39, 0.29) is 16.5 Å². The normalized spacial score (nSPS) is 11.3. The van der Waals surface area contributed by atoms with Gasteiger partial charge in [-0.25, -0.2) is 22.5 Å². The molecule has 0 aliphatic rings. The Kier molecular flexibility index (Phi) is 3.05. The van der Waals surface area contributed by atoms with Gasteiger partial charge in [-0.05, 0) is 31.3 Å². The maximum atomic E-state index is 13.9. The van der Waals surface area contributed by atoms with Crippen LogP contribution in [0.15, 0.2) is 18.2 Å². The molecule has 0 spiro atoms. The molecule has 1 aromatic carbocycles. The van der Waals surface area contributed by atoms with E-state index in [0.29, 0.717) is 11.2 Å². The zero-order valence-corrected chi connectivity index (χ0v) is 11.4. The first-order chi connectivity index (χ1) is 9.90. The number of hydrogen-bond donors (Lipinski definition) is 1.